The predicted molar refractivity (Wildman–Crippen MR) is 111 cm³/mol. The standard InChI is InChI=1S/C23H25N3O2/c1-17(27)25(14-12-19-15-24-21-10-4-3-9-20(19)21)16-23(28)26-13-6-8-18-7-2-5-11-22(18)26/h2-5,7,9-11,15,24H,6,8,12-14,16H2,1H3. The van der Waals surface area contributed by atoms with Gasteiger partial charge < -0.3 is 14.8 Å². The molecule has 1 aliphatic rings. The van der Waals surface area contributed by atoms with Crippen molar-refractivity contribution in [3.8, 4) is 0 Å². The van der Waals surface area contributed by atoms with Crippen molar-refractivity contribution in [3.63, 3.8) is 0 Å². The topological polar surface area (TPSA) is 56.4 Å². The van der Waals surface area contributed by atoms with Gasteiger partial charge in [-0.3, -0.25) is 9.59 Å². The molecule has 3 aromatic rings. The number of amides is 2. The Bertz CT molecular complexity index is 1010. The van der Waals surface area contributed by atoms with Crippen molar-refractivity contribution < 1.29 is 9.59 Å². The van der Waals surface area contributed by atoms with Crippen LogP contribution in [0, 0.1) is 0 Å². The van der Waals surface area contributed by atoms with Crippen molar-refractivity contribution in [2.75, 3.05) is 24.5 Å². The molecular formula is C23H25N3O2. The van der Waals surface area contributed by atoms with Crippen molar-refractivity contribution in [1.82, 2.24) is 9.88 Å². The van der Waals surface area contributed by atoms with Gasteiger partial charge >= 0.3 is 0 Å². The van der Waals surface area contributed by atoms with Gasteiger partial charge in [0.1, 0.15) is 6.54 Å². The number of aromatic nitrogens is 1. The SMILES string of the molecule is CC(=O)N(CCc1c[nH]c2ccccc12)CC(=O)N1CCCc2ccccc21. The Morgan fingerprint density at radius 2 is 1.89 bits per heavy atom. The first kappa shape index (κ1) is 18.3. The number of para-hydroxylation sites is 2. The number of rotatable bonds is 5. The number of hydrogen-bond acceptors (Lipinski definition) is 2. The van der Waals surface area contributed by atoms with Crippen LogP contribution in [0.4, 0.5) is 5.69 Å². The number of fused-ring (bicyclic) bond motifs is 2. The highest BCUT2D eigenvalue weighted by atomic mass is 16.2. The minimum atomic E-state index is -0.0708. The molecular weight excluding hydrogens is 350 g/mol. The molecule has 1 aliphatic heterocycles. The Balaban J connectivity index is 1.45. The number of nitrogens with one attached hydrogen (secondary N) is 1. The third kappa shape index (κ3) is 3.65. The highest BCUT2D eigenvalue weighted by Crippen LogP contribution is 2.27. The fourth-order valence-corrected chi connectivity index (χ4v) is 3.98. The van der Waals surface area contributed by atoms with E-state index in [0.29, 0.717) is 19.5 Å². The summed E-state index contributed by atoms with van der Waals surface area (Å²) in [7, 11) is 0. The number of hydrogen-bond donors (Lipinski definition) is 1. The molecule has 0 unspecified atom stereocenters. The molecule has 4 rings (SSSR count). The summed E-state index contributed by atoms with van der Waals surface area (Å²) in [6, 6.07) is 16.2. The maximum absolute atomic E-state index is 13.0. The number of aryl methyl sites for hydroxylation is 1. The van der Waals surface area contributed by atoms with E-state index in [1.54, 1.807) is 4.90 Å². The molecule has 144 valence electrons. The zero-order valence-corrected chi connectivity index (χ0v) is 16.1. The maximum atomic E-state index is 13.0. The van der Waals surface area contributed by atoms with Gasteiger partial charge in [0.05, 0.1) is 0 Å². The Labute approximate surface area is 165 Å². The van der Waals surface area contributed by atoms with Gasteiger partial charge in [0, 0.05) is 42.8 Å². The second-order valence-corrected chi connectivity index (χ2v) is 7.33. The lowest BCUT2D eigenvalue weighted by atomic mass is 10.0. The van der Waals surface area contributed by atoms with Crippen LogP contribution in [0.15, 0.2) is 54.7 Å². The van der Waals surface area contributed by atoms with E-state index >= 15 is 0 Å². The Morgan fingerprint density at radius 1 is 1.11 bits per heavy atom. The smallest absolute Gasteiger partial charge is 0.246 e. The summed E-state index contributed by atoms with van der Waals surface area (Å²) in [5.41, 5.74) is 4.44. The van der Waals surface area contributed by atoms with Gasteiger partial charge in [0.2, 0.25) is 11.8 Å². The molecule has 0 aliphatic carbocycles. The van der Waals surface area contributed by atoms with Gasteiger partial charge in [-0.15, -0.1) is 0 Å². The van der Waals surface area contributed by atoms with Crippen LogP contribution < -0.4 is 4.90 Å². The molecule has 0 saturated heterocycles. The lowest BCUT2D eigenvalue weighted by Gasteiger charge is -2.31. The number of carbonyl (C=O) groups is 2. The molecule has 0 radical (unpaired) electrons. The van der Waals surface area contributed by atoms with Crippen LogP contribution in [0.3, 0.4) is 0 Å². The van der Waals surface area contributed by atoms with Crippen LogP contribution >= 0.6 is 0 Å². The number of anilines is 1. The predicted octanol–water partition coefficient (Wildman–Crippen LogP) is 3.54. The molecule has 2 heterocycles. The quantitative estimate of drug-likeness (QED) is 0.742. The summed E-state index contributed by atoms with van der Waals surface area (Å²) < 4.78 is 0. The van der Waals surface area contributed by atoms with E-state index in [9.17, 15) is 9.59 Å². The van der Waals surface area contributed by atoms with Gasteiger partial charge in [-0.25, -0.2) is 0 Å². The maximum Gasteiger partial charge on any atom is 0.246 e. The summed E-state index contributed by atoms with van der Waals surface area (Å²) in [5, 5.41) is 1.17. The van der Waals surface area contributed by atoms with E-state index in [2.05, 4.69) is 17.1 Å². The Morgan fingerprint density at radius 3 is 2.75 bits per heavy atom. The number of benzene rings is 2. The van der Waals surface area contributed by atoms with E-state index in [0.717, 1.165) is 29.6 Å². The molecule has 2 amide bonds. The van der Waals surface area contributed by atoms with Crippen LogP contribution in [0.25, 0.3) is 10.9 Å². The summed E-state index contributed by atoms with van der Waals surface area (Å²) in [5.74, 6) is -0.0836. The molecule has 2 aromatic carbocycles. The van der Waals surface area contributed by atoms with Crippen molar-refractivity contribution in [3.05, 3.63) is 65.9 Å². The first-order valence-corrected chi connectivity index (χ1v) is 9.82. The Kier molecular flexibility index (Phi) is 5.15. The van der Waals surface area contributed by atoms with E-state index in [1.165, 1.54) is 17.9 Å². The van der Waals surface area contributed by atoms with Gasteiger partial charge in [-0.2, -0.15) is 0 Å². The summed E-state index contributed by atoms with van der Waals surface area (Å²) in [6.07, 6.45) is 4.66. The molecule has 5 heteroatoms. The lowest BCUT2D eigenvalue weighted by Crippen LogP contribution is -2.44. The monoisotopic (exact) mass is 375 g/mol. The van der Waals surface area contributed by atoms with E-state index in [1.807, 2.05) is 47.5 Å². The largest absolute Gasteiger partial charge is 0.361 e. The van der Waals surface area contributed by atoms with Gasteiger partial charge in [0.25, 0.3) is 0 Å². The number of nitrogens with zero attached hydrogens (tertiary/aromatic N) is 2. The van der Waals surface area contributed by atoms with Crippen LogP contribution in [0.2, 0.25) is 0 Å². The fraction of sp³-hybridized carbons (Fsp3) is 0.304. The van der Waals surface area contributed by atoms with Gasteiger partial charge in [-0.1, -0.05) is 36.4 Å². The van der Waals surface area contributed by atoms with Crippen molar-refractivity contribution in [1.29, 1.82) is 0 Å². The minimum Gasteiger partial charge on any atom is -0.361 e. The molecule has 5 nitrogen and oxygen atoms in total. The second-order valence-electron chi connectivity index (χ2n) is 7.33. The van der Waals surface area contributed by atoms with Crippen LogP contribution in [0.5, 0.6) is 0 Å². The fourth-order valence-electron chi connectivity index (χ4n) is 3.98. The highest BCUT2D eigenvalue weighted by Gasteiger charge is 2.24. The molecule has 28 heavy (non-hydrogen) atoms. The average molecular weight is 375 g/mol. The van der Waals surface area contributed by atoms with Crippen molar-refractivity contribution in [2.24, 2.45) is 0 Å². The lowest BCUT2D eigenvalue weighted by molar-refractivity contribution is -0.133. The second kappa shape index (κ2) is 7.89. The number of H-pyrrole nitrogens is 1. The molecule has 1 aromatic heterocycles. The van der Waals surface area contributed by atoms with Gasteiger partial charge in [-0.05, 0) is 42.5 Å². The molecule has 0 spiro atoms. The zero-order valence-electron chi connectivity index (χ0n) is 16.1. The summed E-state index contributed by atoms with van der Waals surface area (Å²) >= 11 is 0. The average Bonchev–Trinajstić information content (AvgIpc) is 3.13. The minimum absolute atomic E-state index is 0.0127. The normalized spacial score (nSPS) is 13.4. The highest BCUT2D eigenvalue weighted by molar-refractivity contribution is 5.97. The zero-order chi connectivity index (χ0) is 19.5. The summed E-state index contributed by atoms with van der Waals surface area (Å²) in [4.78, 5) is 31.9. The molecule has 0 bridgehead atoms. The van der Waals surface area contributed by atoms with Crippen molar-refractivity contribution in [2.45, 2.75) is 26.2 Å². The third-order valence-corrected chi connectivity index (χ3v) is 5.51. The molecule has 1 N–H and O–H groups in total. The van der Waals surface area contributed by atoms with Crippen molar-refractivity contribution >= 4 is 28.4 Å². The number of aromatic amines is 1. The van der Waals surface area contributed by atoms with E-state index in [4.69, 9.17) is 0 Å². The van der Waals surface area contributed by atoms with E-state index in [-0.39, 0.29) is 18.4 Å². The van der Waals surface area contributed by atoms with Crippen LogP contribution in [0.1, 0.15) is 24.5 Å². The summed E-state index contributed by atoms with van der Waals surface area (Å²) in [6.45, 7) is 2.89. The first-order chi connectivity index (χ1) is 13.6. The molecule has 0 fully saturated rings. The third-order valence-electron chi connectivity index (χ3n) is 5.51. The van der Waals surface area contributed by atoms with Crippen LogP contribution in [-0.4, -0.2) is 41.3 Å². The van der Waals surface area contributed by atoms with Crippen LogP contribution in [-0.2, 0) is 22.4 Å². The van der Waals surface area contributed by atoms with Gasteiger partial charge in [0.15, 0.2) is 0 Å². The van der Waals surface area contributed by atoms with E-state index < -0.39 is 0 Å². The molecule has 0 saturated carbocycles. The Hall–Kier alpha value is -3.08. The molecule has 0 atom stereocenters. The first-order valence-electron chi connectivity index (χ1n) is 9.82. The number of carbonyl (C=O) groups excluding carboxylic acids is 2.